The third-order valence-corrected chi connectivity index (χ3v) is 5.70. The van der Waals surface area contributed by atoms with Gasteiger partial charge in [0.2, 0.25) is 5.52 Å². The molecule has 162 valence electrons. The maximum Gasteiger partial charge on any atom is 0.212 e. The van der Waals surface area contributed by atoms with E-state index in [1.165, 1.54) is 10.9 Å². The number of allylic oxidation sites excluding steroid dienone is 3. The van der Waals surface area contributed by atoms with Gasteiger partial charge in [-0.15, -0.1) is 0 Å². The first-order valence-electron chi connectivity index (χ1n) is 11.0. The number of phenolic OH excluding ortho intramolecular Hbond substituents is 1. The zero-order valence-electron chi connectivity index (χ0n) is 19.1. The summed E-state index contributed by atoms with van der Waals surface area (Å²) < 4.78 is 2.11. The highest BCUT2D eigenvalue weighted by molar-refractivity contribution is 5.89. The molecule has 1 aromatic heterocycles. The summed E-state index contributed by atoms with van der Waals surface area (Å²) in [4.78, 5) is 0. The summed E-state index contributed by atoms with van der Waals surface area (Å²) in [5.74, 6) is 0.259. The zero-order valence-corrected chi connectivity index (χ0v) is 19.1. The Morgan fingerprint density at radius 1 is 0.848 bits per heavy atom. The molecule has 0 saturated carbocycles. The lowest BCUT2D eigenvalue weighted by Crippen LogP contribution is -2.28. The van der Waals surface area contributed by atoms with Gasteiger partial charge in [-0.1, -0.05) is 85.5 Å². The minimum Gasteiger partial charge on any atom is -0.507 e. The van der Waals surface area contributed by atoms with Crippen molar-refractivity contribution in [2.75, 3.05) is 0 Å². The van der Waals surface area contributed by atoms with E-state index in [9.17, 15) is 5.11 Å². The maximum absolute atomic E-state index is 10.4. The molecule has 4 aromatic rings. The van der Waals surface area contributed by atoms with Gasteiger partial charge in [-0.05, 0) is 52.3 Å². The topological polar surface area (TPSA) is 24.1 Å². The van der Waals surface area contributed by atoms with Crippen molar-refractivity contribution < 1.29 is 9.67 Å². The first-order valence-corrected chi connectivity index (χ1v) is 11.0. The first kappa shape index (κ1) is 22.0. The Balaban J connectivity index is 1.70. The highest BCUT2D eigenvalue weighted by atomic mass is 16.3. The van der Waals surface area contributed by atoms with Crippen LogP contribution in [-0.2, 0) is 7.05 Å². The molecule has 4 rings (SSSR count). The number of nitrogens with zero attached hydrogens (tertiary/aromatic N) is 1. The number of aromatic nitrogens is 1. The second-order valence-electron chi connectivity index (χ2n) is 8.00. The number of hydrogen-bond donors (Lipinski definition) is 1. The standard InChI is InChI=1S/C31H27NO/c1-4-9-25(28-11-6-5-10-23(28)2)16-14-24-15-19-31(33)27(22-24)18-17-26-20-21-32(3)30-13-8-7-12-29(26)30/h4-22H,2H2,1,3H3/p+1/b9-4-,16-14+,28-25+. The molecule has 0 amide bonds. The average molecular weight is 431 g/mol. The molecule has 0 radical (unpaired) electrons. The van der Waals surface area contributed by atoms with Crippen LogP contribution in [0.25, 0.3) is 41.3 Å². The van der Waals surface area contributed by atoms with E-state index in [1.807, 2.05) is 68.6 Å². The summed E-state index contributed by atoms with van der Waals surface area (Å²) in [7, 11) is 2.05. The molecule has 0 aliphatic carbocycles. The molecule has 0 aliphatic rings. The molecule has 2 heteroatoms. The van der Waals surface area contributed by atoms with Gasteiger partial charge in [0.25, 0.3) is 0 Å². The number of pyridine rings is 1. The molecule has 0 atom stereocenters. The third kappa shape index (κ3) is 5.02. The minimum absolute atomic E-state index is 0.259. The summed E-state index contributed by atoms with van der Waals surface area (Å²) in [5.41, 5.74) is 5.16. The largest absolute Gasteiger partial charge is 0.507 e. The molecular formula is C31H28NO+. The van der Waals surface area contributed by atoms with Gasteiger partial charge >= 0.3 is 0 Å². The van der Waals surface area contributed by atoms with E-state index >= 15 is 0 Å². The van der Waals surface area contributed by atoms with Crippen molar-refractivity contribution >= 4 is 41.3 Å². The Morgan fingerprint density at radius 2 is 1.61 bits per heavy atom. The van der Waals surface area contributed by atoms with Crippen molar-refractivity contribution in [1.82, 2.24) is 0 Å². The SMILES string of the molecule is C=c1cccc/c1=C(/C=C\C)\C=C\c1ccc(O)c(/C=C/c2cc[n+](C)c3ccccc23)c1. The van der Waals surface area contributed by atoms with Gasteiger partial charge in [0.05, 0.1) is 5.39 Å². The third-order valence-electron chi connectivity index (χ3n) is 5.70. The van der Waals surface area contributed by atoms with Crippen molar-refractivity contribution in [1.29, 1.82) is 0 Å². The first-order chi connectivity index (χ1) is 16.1. The molecule has 0 saturated heterocycles. The van der Waals surface area contributed by atoms with E-state index in [-0.39, 0.29) is 5.75 Å². The van der Waals surface area contributed by atoms with Gasteiger partial charge in [-0.3, -0.25) is 0 Å². The van der Waals surface area contributed by atoms with Crippen LogP contribution in [0.15, 0.2) is 97.2 Å². The fourth-order valence-electron chi connectivity index (χ4n) is 3.93. The highest BCUT2D eigenvalue weighted by Crippen LogP contribution is 2.24. The second-order valence-corrected chi connectivity index (χ2v) is 8.00. The fraction of sp³-hybridized carbons (Fsp3) is 0.0645. The van der Waals surface area contributed by atoms with E-state index in [4.69, 9.17) is 0 Å². The van der Waals surface area contributed by atoms with Crippen LogP contribution in [0.3, 0.4) is 0 Å². The molecule has 0 unspecified atom stereocenters. The van der Waals surface area contributed by atoms with E-state index in [2.05, 4.69) is 65.9 Å². The van der Waals surface area contributed by atoms with Crippen LogP contribution in [0, 0.1) is 0 Å². The van der Waals surface area contributed by atoms with Crippen LogP contribution >= 0.6 is 0 Å². The van der Waals surface area contributed by atoms with Gasteiger partial charge in [0.1, 0.15) is 12.8 Å². The predicted molar refractivity (Wildman–Crippen MR) is 141 cm³/mol. The minimum atomic E-state index is 0.259. The monoisotopic (exact) mass is 430 g/mol. The maximum atomic E-state index is 10.4. The van der Waals surface area contributed by atoms with Crippen molar-refractivity contribution in [3.05, 3.63) is 124 Å². The molecule has 2 nitrogen and oxygen atoms in total. The second kappa shape index (κ2) is 9.97. The molecule has 3 aromatic carbocycles. The highest BCUT2D eigenvalue weighted by Gasteiger charge is 2.07. The molecule has 1 heterocycles. The Morgan fingerprint density at radius 3 is 2.42 bits per heavy atom. The van der Waals surface area contributed by atoms with E-state index in [0.29, 0.717) is 0 Å². The molecule has 0 bridgehead atoms. The number of benzene rings is 3. The van der Waals surface area contributed by atoms with Crippen LogP contribution in [-0.4, -0.2) is 5.11 Å². The van der Waals surface area contributed by atoms with Crippen molar-refractivity contribution in [3.8, 4) is 5.75 Å². The van der Waals surface area contributed by atoms with Crippen molar-refractivity contribution in [3.63, 3.8) is 0 Å². The Labute approximate surface area is 195 Å². The fourth-order valence-corrected chi connectivity index (χ4v) is 3.93. The van der Waals surface area contributed by atoms with E-state index in [1.54, 1.807) is 6.07 Å². The number of phenols is 1. The quantitative estimate of drug-likeness (QED) is 0.422. The lowest BCUT2D eigenvalue weighted by Gasteiger charge is -2.03. The van der Waals surface area contributed by atoms with Gasteiger partial charge < -0.3 is 5.11 Å². The van der Waals surface area contributed by atoms with Gasteiger partial charge in [0, 0.05) is 17.7 Å². The number of para-hydroxylation sites is 1. The number of fused-ring (bicyclic) bond motifs is 1. The predicted octanol–water partition coefficient (Wildman–Crippen LogP) is 5.39. The summed E-state index contributed by atoms with van der Waals surface area (Å²) in [6, 6.07) is 24.2. The van der Waals surface area contributed by atoms with Crippen LogP contribution in [0.4, 0.5) is 0 Å². The number of hydrogen-bond acceptors (Lipinski definition) is 1. The summed E-state index contributed by atoms with van der Waals surface area (Å²) >= 11 is 0. The summed E-state index contributed by atoms with van der Waals surface area (Å²) in [6.07, 6.45) is 14.4. The van der Waals surface area contributed by atoms with Crippen molar-refractivity contribution in [2.24, 2.45) is 7.05 Å². The molecule has 0 aliphatic heterocycles. The van der Waals surface area contributed by atoms with Crippen LogP contribution < -0.4 is 15.0 Å². The van der Waals surface area contributed by atoms with Crippen LogP contribution in [0.1, 0.15) is 23.6 Å². The number of aryl methyl sites for hydroxylation is 1. The number of aromatic hydroxyl groups is 1. The lowest BCUT2D eigenvalue weighted by atomic mass is 10.0. The molecule has 33 heavy (non-hydrogen) atoms. The van der Waals surface area contributed by atoms with Gasteiger partial charge in [-0.25, -0.2) is 4.57 Å². The van der Waals surface area contributed by atoms with Crippen LogP contribution in [0.2, 0.25) is 0 Å². The van der Waals surface area contributed by atoms with Gasteiger partial charge in [-0.2, -0.15) is 0 Å². The summed E-state index contributed by atoms with van der Waals surface area (Å²) in [5, 5.41) is 13.7. The summed E-state index contributed by atoms with van der Waals surface area (Å²) in [6.45, 7) is 6.16. The smallest absolute Gasteiger partial charge is 0.212 e. The number of rotatable bonds is 5. The molecule has 0 fully saturated rings. The molecule has 0 spiro atoms. The normalized spacial score (nSPS) is 12.9. The average Bonchev–Trinajstić information content (AvgIpc) is 2.83. The molecular weight excluding hydrogens is 402 g/mol. The van der Waals surface area contributed by atoms with E-state index < -0.39 is 0 Å². The zero-order chi connectivity index (χ0) is 23.2. The van der Waals surface area contributed by atoms with Crippen LogP contribution in [0.5, 0.6) is 5.75 Å². The lowest BCUT2D eigenvalue weighted by molar-refractivity contribution is -0.644. The Kier molecular flexibility index (Phi) is 6.66. The Hall–Kier alpha value is -4.17. The van der Waals surface area contributed by atoms with Gasteiger partial charge in [0.15, 0.2) is 6.20 Å². The van der Waals surface area contributed by atoms with E-state index in [0.717, 1.165) is 32.7 Å². The Bertz CT molecular complexity index is 1510. The molecule has 1 N–H and O–H groups in total. The van der Waals surface area contributed by atoms with Crippen molar-refractivity contribution in [2.45, 2.75) is 6.92 Å².